The van der Waals surface area contributed by atoms with Gasteiger partial charge in [0.25, 0.3) is 0 Å². The molecule has 3 N–H and O–H groups in total. The van der Waals surface area contributed by atoms with E-state index in [4.69, 9.17) is 0 Å². The highest BCUT2D eigenvalue weighted by Gasteiger charge is 2.39. The predicted molar refractivity (Wildman–Crippen MR) is 128 cm³/mol. The first-order valence-corrected chi connectivity index (χ1v) is 10.8. The van der Waals surface area contributed by atoms with Gasteiger partial charge in [0.1, 0.15) is 6.04 Å². The SMILES string of the molecule is CN(C)C1(c2ccccc2)CCC(N[C@H](Cc2c[nH]c3ccccc23)C(=O)O)CC1.Cl. The first kappa shape index (κ1) is 23.3. The molecule has 31 heavy (non-hydrogen) atoms. The van der Waals surface area contributed by atoms with E-state index in [1.54, 1.807) is 0 Å². The molecule has 0 unspecified atom stereocenters. The molecule has 1 atom stereocenters. The normalized spacial score (nSPS) is 22.2. The first-order chi connectivity index (χ1) is 14.5. The van der Waals surface area contributed by atoms with Crippen LogP contribution in [0.4, 0.5) is 0 Å². The monoisotopic (exact) mass is 441 g/mol. The van der Waals surface area contributed by atoms with Crippen molar-refractivity contribution < 1.29 is 9.90 Å². The van der Waals surface area contributed by atoms with Crippen molar-refractivity contribution in [2.75, 3.05) is 14.1 Å². The Bertz CT molecular complexity index is 994. The summed E-state index contributed by atoms with van der Waals surface area (Å²) in [6.07, 6.45) is 6.38. The number of carboxylic acids is 1. The fourth-order valence-electron chi connectivity index (χ4n) is 5.03. The largest absolute Gasteiger partial charge is 0.480 e. The number of benzene rings is 2. The number of para-hydroxylation sites is 1. The average Bonchev–Trinajstić information content (AvgIpc) is 3.17. The maximum absolute atomic E-state index is 12.0. The van der Waals surface area contributed by atoms with Gasteiger partial charge in [-0.05, 0) is 57.0 Å². The summed E-state index contributed by atoms with van der Waals surface area (Å²) >= 11 is 0. The Morgan fingerprint density at radius 3 is 2.42 bits per heavy atom. The van der Waals surface area contributed by atoms with Gasteiger partial charge in [-0.2, -0.15) is 0 Å². The fourth-order valence-corrected chi connectivity index (χ4v) is 5.03. The molecule has 1 saturated carbocycles. The van der Waals surface area contributed by atoms with Crippen molar-refractivity contribution in [3.05, 3.63) is 71.9 Å². The lowest BCUT2D eigenvalue weighted by Crippen LogP contribution is -2.51. The molecule has 0 amide bonds. The van der Waals surface area contributed by atoms with Gasteiger partial charge >= 0.3 is 5.97 Å². The van der Waals surface area contributed by atoms with Crippen molar-refractivity contribution in [3.63, 3.8) is 0 Å². The van der Waals surface area contributed by atoms with Crippen LogP contribution in [-0.2, 0) is 16.8 Å². The van der Waals surface area contributed by atoms with Gasteiger partial charge in [-0.15, -0.1) is 12.4 Å². The van der Waals surface area contributed by atoms with E-state index >= 15 is 0 Å². The highest BCUT2D eigenvalue weighted by atomic mass is 35.5. The van der Waals surface area contributed by atoms with Gasteiger partial charge in [-0.25, -0.2) is 0 Å². The molecule has 6 heteroatoms. The lowest BCUT2D eigenvalue weighted by atomic mass is 9.74. The minimum absolute atomic E-state index is 0. The Labute approximate surface area is 190 Å². The van der Waals surface area contributed by atoms with Crippen LogP contribution in [0.5, 0.6) is 0 Å². The van der Waals surface area contributed by atoms with Crippen LogP contribution in [0, 0.1) is 0 Å². The van der Waals surface area contributed by atoms with Crippen LogP contribution in [0.1, 0.15) is 36.8 Å². The molecule has 5 nitrogen and oxygen atoms in total. The van der Waals surface area contributed by atoms with Gasteiger partial charge < -0.3 is 15.4 Å². The number of rotatable bonds is 7. The minimum Gasteiger partial charge on any atom is -0.480 e. The van der Waals surface area contributed by atoms with Crippen molar-refractivity contribution in [2.24, 2.45) is 0 Å². The third kappa shape index (κ3) is 4.79. The van der Waals surface area contributed by atoms with Crippen LogP contribution in [-0.4, -0.2) is 47.1 Å². The summed E-state index contributed by atoms with van der Waals surface area (Å²) in [7, 11) is 4.30. The lowest BCUT2D eigenvalue weighted by molar-refractivity contribution is -0.139. The molecule has 1 aromatic heterocycles. The third-order valence-electron chi connectivity index (χ3n) is 6.81. The molecule has 0 bridgehead atoms. The van der Waals surface area contributed by atoms with Crippen LogP contribution in [0.25, 0.3) is 10.9 Å². The van der Waals surface area contributed by atoms with Gasteiger partial charge in [0.15, 0.2) is 0 Å². The lowest BCUT2D eigenvalue weighted by Gasteiger charge is -2.46. The maximum Gasteiger partial charge on any atom is 0.321 e. The Morgan fingerprint density at radius 2 is 1.77 bits per heavy atom. The molecule has 0 aliphatic heterocycles. The smallest absolute Gasteiger partial charge is 0.321 e. The molecule has 1 aliphatic carbocycles. The molecule has 0 radical (unpaired) electrons. The number of aromatic nitrogens is 1. The summed E-state index contributed by atoms with van der Waals surface area (Å²) in [5.74, 6) is -0.784. The van der Waals surface area contributed by atoms with Crippen molar-refractivity contribution in [1.29, 1.82) is 0 Å². The summed E-state index contributed by atoms with van der Waals surface area (Å²) in [5.41, 5.74) is 3.47. The summed E-state index contributed by atoms with van der Waals surface area (Å²) in [5, 5.41) is 14.4. The number of hydrogen-bond acceptors (Lipinski definition) is 3. The summed E-state index contributed by atoms with van der Waals surface area (Å²) in [6, 6.07) is 18.4. The van der Waals surface area contributed by atoms with Crippen molar-refractivity contribution in [3.8, 4) is 0 Å². The first-order valence-electron chi connectivity index (χ1n) is 10.8. The number of hydrogen-bond donors (Lipinski definition) is 3. The molecular weight excluding hydrogens is 410 g/mol. The standard InChI is InChI=1S/C25H31N3O2.ClH/c1-28(2)25(19-8-4-3-5-9-19)14-12-20(13-15-25)27-23(24(29)30)16-18-17-26-22-11-7-6-10-21(18)22;/h3-11,17,20,23,26-27H,12-16H2,1-2H3,(H,29,30);1H/t20?,23-,25?;/m1./s1. The molecule has 4 rings (SSSR count). The zero-order chi connectivity index (χ0) is 21.1. The molecule has 2 aromatic carbocycles. The molecule has 1 aliphatic rings. The molecule has 0 spiro atoms. The van der Waals surface area contributed by atoms with Gasteiger partial charge in [-0.3, -0.25) is 9.69 Å². The number of fused-ring (bicyclic) bond motifs is 1. The van der Waals surface area contributed by atoms with E-state index in [0.29, 0.717) is 6.42 Å². The Balaban J connectivity index is 0.00000272. The van der Waals surface area contributed by atoms with E-state index in [-0.39, 0.29) is 24.0 Å². The summed E-state index contributed by atoms with van der Waals surface area (Å²) < 4.78 is 0. The van der Waals surface area contributed by atoms with E-state index in [1.807, 2.05) is 30.5 Å². The Kier molecular flexibility index (Phi) is 7.42. The number of carboxylic acid groups (broad SMARTS) is 1. The highest BCUT2D eigenvalue weighted by Crippen LogP contribution is 2.41. The molecule has 0 saturated heterocycles. The Morgan fingerprint density at radius 1 is 1.13 bits per heavy atom. The minimum atomic E-state index is -0.784. The van der Waals surface area contributed by atoms with Gasteiger partial charge in [0.2, 0.25) is 0 Å². The van der Waals surface area contributed by atoms with E-state index in [0.717, 1.165) is 42.1 Å². The van der Waals surface area contributed by atoms with E-state index in [1.165, 1.54) is 5.56 Å². The molecule has 166 valence electrons. The van der Waals surface area contributed by atoms with Crippen LogP contribution < -0.4 is 5.32 Å². The summed E-state index contributed by atoms with van der Waals surface area (Å²) in [4.78, 5) is 17.6. The number of nitrogens with zero attached hydrogens (tertiary/aromatic N) is 1. The maximum atomic E-state index is 12.0. The summed E-state index contributed by atoms with van der Waals surface area (Å²) in [6.45, 7) is 0. The van der Waals surface area contributed by atoms with Gasteiger partial charge in [-0.1, -0.05) is 48.5 Å². The molecular formula is C25H32ClN3O2. The second-order valence-electron chi connectivity index (χ2n) is 8.69. The van der Waals surface area contributed by atoms with Gasteiger partial charge in [0.05, 0.1) is 0 Å². The Hall–Kier alpha value is -2.34. The van der Waals surface area contributed by atoms with Crippen LogP contribution in [0.15, 0.2) is 60.8 Å². The van der Waals surface area contributed by atoms with Crippen LogP contribution >= 0.6 is 12.4 Å². The van der Waals surface area contributed by atoms with Gasteiger partial charge in [0, 0.05) is 35.1 Å². The average molecular weight is 442 g/mol. The highest BCUT2D eigenvalue weighted by molar-refractivity contribution is 5.85. The molecule has 3 aromatic rings. The van der Waals surface area contributed by atoms with Crippen molar-refractivity contribution in [2.45, 2.75) is 49.7 Å². The number of H-pyrrole nitrogens is 1. The zero-order valence-corrected chi connectivity index (χ0v) is 19.0. The third-order valence-corrected chi connectivity index (χ3v) is 6.81. The second kappa shape index (κ2) is 9.86. The van der Waals surface area contributed by atoms with Crippen LogP contribution in [0.3, 0.4) is 0 Å². The number of carbonyl (C=O) groups is 1. The zero-order valence-electron chi connectivity index (χ0n) is 18.2. The van der Waals surface area contributed by atoms with E-state index in [2.05, 4.69) is 59.6 Å². The number of halogens is 1. The van der Waals surface area contributed by atoms with E-state index in [9.17, 15) is 9.90 Å². The second-order valence-corrected chi connectivity index (χ2v) is 8.69. The quantitative estimate of drug-likeness (QED) is 0.502. The molecule has 1 heterocycles. The van der Waals surface area contributed by atoms with Crippen molar-refractivity contribution in [1.82, 2.24) is 15.2 Å². The molecule has 1 fully saturated rings. The number of aromatic amines is 1. The van der Waals surface area contributed by atoms with Crippen molar-refractivity contribution >= 4 is 29.3 Å². The number of aliphatic carboxylic acids is 1. The fraction of sp³-hybridized carbons (Fsp3) is 0.400. The van der Waals surface area contributed by atoms with Crippen LogP contribution in [0.2, 0.25) is 0 Å². The number of nitrogens with one attached hydrogen (secondary N) is 2. The topological polar surface area (TPSA) is 68.4 Å². The van der Waals surface area contributed by atoms with E-state index < -0.39 is 12.0 Å². The predicted octanol–water partition coefficient (Wildman–Crippen LogP) is 4.57.